The molecule has 0 saturated heterocycles. The van der Waals surface area contributed by atoms with Crippen LogP contribution in [-0.4, -0.2) is 44.2 Å². The minimum absolute atomic E-state index is 0. The summed E-state index contributed by atoms with van der Waals surface area (Å²) in [5, 5.41) is 9.27. The Labute approximate surface area is 182 Å². The van der Waals surface area contributed by atoms with Gasteiger partial charge in [-0.3, -0.25) is 9.79 Å². The number of anilines is 1. The van der Waals surface area contributed by atoms with E-state index in [0.717, 1.165) is 22.3 Å². The molecular weight excluding hydrogens is 511 g/mol. The average molecular weight is 541 g/mol. The predicted molar refractivity (Wildman–Crippen MR) is 123 cm³/mol. The molecule has 6 nitrogen and oxygen atoms in total. The topological polar surface area (TPSA) is 74.8 Å². The standard InChI is InChI=1S/C18H29BrN4O2.HI/c1-6-20-17(22-12-18(3,4)25-5)21-10-9-16(24)23-15-8-7-14(19)11-13(15)2;/h7-8,11H,6,9-10,12H2,1-5H3,(H,23,24)(H2,20,21,22);1H. The molecule has 26 heavy (non-hydrogen) atoms. The van der Waals surface area contributed by atoms with E-state index in [0.29, 0.717) is 25.5 Å². The number of carbonyl (C=O) groups excluding carboxylic acids is 1. The molecule has 3 N–H and O–H groups in total. The zero-order chi connectivity index (χ0) is 18.9. The fraction of sp³-hybridized carbons (Fsp3) is 0.556. The average Bonchev–Trinajstić information content (AvgIpc) is 2.55. The van der Waals surface area contributed by atoms with Crippen LogP contribution in [0.15, 0.2) is 27.7 Å². The number of carbonyl (C=O) groups is 1. The monoisotopic (exact) mass is 540 g/mol. The van der Waals surface area contributed by atoms with E-state index in [4.69, 9.17) is 4.74 Å². The van der Waals surface area contributed by atoms with E-state index in [9.17, 15) is 4.79 Å². The van der Waals surface area contributed by atoms with Crippen LogP contribution in [0.4, 0.5) is 5.69 Å². The van der Waals surface area contributed by atoms with Crippen LogP contribution in [0, 0.1) is 6.92 Å². The van der Waals surface area contributed by atoms with Crippen LogP contribution in [-0.2, 0) is 9.53 Å². The Balaban J connectivity index is 0.00000625. The summed E-state index contributed by atoms with van der Waals surface area (Å²) < 4.78 is 6.36. The molecule has 1 rings (SSSR count). The zero-order valence-electron chi connectivity index (χ0n) is 16.1. The molecule has 148 valence electrons. The van der Waals surface area contributed by atoms with Crippen molar-refractivity contribution in [2.75, 3.05) is 32.1 Å². The molecule has 0 fully saturated rings. The Morgan fingerprint density at radius 3 is 2.58 bits per heavy atom. The molecule has 0 spiro atoms. The SMILES string of the molecule is CCNC(=NCC(C)(C)OC)NCCC(=O)Nc1ccc(Br)cc1C.I. The van der Waals surface area contributed by atoms with Crippen molar-refractivity contribution < 1.29 is 9.53 Å². The van der Waals surface area contributed by atoms with Gasteiger partial charge in [0.1, 0.15) is 0 Å². The molecule has 0 aliphatic rings. The molecule has 0 aliphatic carbocycles. The second-order valence-corrected chi connectivity index (χ2v) is 7.26. The maximum atomic E-state index is 12.1. The number of benzene rings is 1. The van der Waals surface area contributed by atoms with Gasteiger partial charge < -0.3 is 20.7 Å². The first-order chi connectivity index (χ1) is 11.8. The molecule has 0 bridgehead atoms. The smallest absolute Gasteiger partial charge is 0.226 e. The Hall–Kier alpha value is -0.870. The zero-order valence-corrected chi connectivity index (χ0v) is 20.0. The molecular formula is C18H30BrIN4O2. The third-order valence-electron chi connectivity index (χ3n) is 3.62. The molecule has 1 amide bonds. The largest absolute Gasteiger partial charge is 0.377 e. The number of ether oxygens (including phenoxy) is 1. The Morgan fingerprint density at radius 1 is 1.31 bits per heavy atom. The third kappa shape index (κ3) is 9.72. The van der Waals surface area contributed by atoms with Crippen molar-refractivity contribution in [1.82, 2.24) is 10.6 Å². The number of guanidine groups is 1. The van der Waals surface area contributed by atoms with Crippen molar-refractivity contribution in [3.8, 4) is 0 Å². The van der Waals surface area contributed by atoms with Gasteiger partial charge in [-0.15, -0.1) is 24.0 Å². The number of aryl methyl sites for hydroxylation is 1. The molecule has 0 unspecified atom stereocenters. The minimum atomic E-state index is -0.321. The highest BCUT2D eigenvalue weighted by atomic mass is 127. The van der Waals surface area contributed by atoms with Crippen LogP contribution in [0.2, 0.25) is 0 Å². The van der Waals surface area contributed by atoms with E-state index < -0.39 is 0 Å². The highest BCUT2D eigenvalue weighted by Gasteiger charge is 2.15. The van der Waals surface area contributed by atoms with E-state index in [2.05, 4.69) is 36.9 Å². The Bertz CT molecular complexity index is 609. The molecule has 8 heteroatoms. The predicted octanol–water partition coefficient (Wildman–Crippen LogP) is 3.68. The summed E-state index contributed by atoms with van der Waals surface area (Å²) in [6.07, 6.45) is 0.355. The van der Waals surface area contributed by atoms with Crippen molar-refractivity contribution in [3.63, 3.8) is 0 Å². The van der Waals surface area contributed by atoms with Gasteiger partial charge in [-0.2, -0.15) is 0 Å². The van der Waals surface area contributed by atoms with Crippen molar-refractivity contribution >= 4 is 57.5 Å². The van der Waals surface area contributed by atoms with Crippen LogP contribution in [0.5, 0.6) is 0 Å². The first-order valence-corrected chi connectivity index (χ1v) is 9.20. The van der Waals surface area contributed by atoms with Gasteiger partial charge in [0.15, 0.2) is 5.96 Å². The second-order valence-electron chi connectivity index (χ2n) is 6.34. The lowest BCUT2D eigenvalue weighted by Crippen LogP contribution is -2.40. The van der Waals surface area contributed by atoms with Crippen molar-refractivity contribution in [2.45, 2.75) is 39.7 Å². The maximum absolute atomic E-state index is 12.1. The van der Waals surface area contributed by atoms with Crippen LogP contribution in [0.1, 0.15) is 32.8 Å². The van der Waals surface area contributed by atoms with Gasteiger partial charge >= 0.3 is 0 Å². The lowest BCUT2D eigenvalue weighted by molar-refractivity contribution is -0.116. The number of aliphatic imine (C=N–C) groups is 1. The number of halogens is 2. The third-order valence-corrected chi connectivity index (χ3v) is 4.12. The van der Waals surface area contributed by atoms with E-state index in [1.165, 1.54) is 0 Å². The number of nitrogens with zero attached hydrogens (tertiary/aromatic N) is 1. The van der Waals surface area contributed by atoms with Gasteiger partial charge in [-0.25, -0.2) is 0 Å². The molecule has 0 aliphatic heterocycles. The van der Waals surface area contributed by atoms with E-state index in [1.54, 1.807) is 7.11 Å². The van der Waals surface area contributed by atoms with Crippen LogP contribution < -0.4 is 16.0 Å². The van der Waals surface area contributed by atoms with Crippen LogP contribution in [0.25, 0.3) is 0 Å². The molecule has 1 aromatic rings. The second kappa shape index (κ2) is 12.5. The highest BCUT2D eigenvalue weighted by molar-refractivity contribution is 14.0. The Kier molecular flexibility index (Phi) is 12.1. The van der Waals surface area contributed by atoms with Crippen molar-refractivity contribution in [2.24, 2.45) is 4.99 Å². The van der Waals surface area contributed by atoms with Gasteiger partial charge in [0.05, 0.1) is 12.1 Å². The highest BCUT2D eigenvalue weighted by Crippen LogP contribution is 2.20. The molecule has 0 heterocycles. The quantitative estimate of drug-likeness (QED) is 0.267. The maximum Gasteiger partial charge on any atom is 0.226 e. The van der Waals surface area contributed by atoms with Gasteiger partial charge in [0.25, 0.3) is 0 Å². The van der Waals surface area contributed by atoms with Crippen LogP contribution in [0.3, 0.4) is 0 Å². The summed E-state index contributed by atoms with van der Waals surface area (Å²) >= 11 is 3.42. The van der Waals surface area contributed by atoms with Gasteiger partial charge in [-0.05, 0) is 51.5 Å². The molecule has 0 radical (unpaired) electrons. The lowest BCUT2D eigenvalue weighted by Gasteiger charge is -2.21. The molecule has 0 aromatic heterocycles. The van der Waals surface area contributed by atoms with E-state index in [-0.39, 0.29) is 35.5 Å². The summed E-state index contributed by atoms with van der Waals surface area (Å²) in [4.78, 5) is 16.6. The van der Waals surface area contributed by atoms with Gasteiger partial charge in [0.2, 0.25) is 5.91 Å². The number of hydrogen-bond donors (Lipinski definition) is 3. The Morgan fingerprint density at radius 2 is 2.00 bits per heavy atom. The first kappa shape index (κ1) is 25.1. The molecule has 0 saturated carbocycles. The summed E-state index contributed by atoms with van der Waals surface area (Å²) in [7, 11) is 1.67. The van der Waals surface area contributed by atoms with Crippen molar-refractivity contribution in [1.29, 1.82) is 0 Å². The number of hydrogen-bond acceptors (Lipinski definition) is 3. The van der Waals surface area contributed by atoms with Crippen molar-refractivity contribution in [3.05, 3.63) is 28.2 Å². The van der Waals surface area contributed by atoms with Gasteiger partial charge in [0, 0.05) is 36.8 Å². The fourth-order valence-electron chi connectivity index (χ4n) is 1.95. The van der Waals surface area contributed by atoms with Gasteiger partial charge in [-0.1, -0.05) is 15.9 Å². The lowest BCUT2D eigenvalue weighted by atomic mass is 10.1. The van der Waals surface area contributed by atoms with Crippen LogP contribution >= 0.6 is 39.9 Å². The van der Waals surface area contributed by atoms with E-state index >= 15 is 0 Å². The first-order valence-electron chi connectivity index (χ1n) is 8.40. The summed E-state index contributed by atoms with van der Waals surface area (Å²) in [5.41, 5.74) is 1.53. The number of rotatable bonds is 8. The summed E-state index contributed by atoms with van der Waals surface area (Å²) in [6, 6.07) is 5.78. The molecule has 0 atom stereocenters. The number of methoxy groups -OCH3 is 1. The van der Waals surface area contributed by atoms with E-state index in [1.807, 2.05) is 45.9 Å². The normalized spacial score (nSPS) is 11.5. The minimum Gasteiger partial charge on any atom is -0.377 e. The number of nitrogens with one attached hydrogen (secondary N) is 3. The molecule has 1 aromatic carbocycles. The number of amides is 1. The summed E-state index contributed by atoms with van der Waals surface area (Å²) in [5.74, 6) is 0.645. The fourth-order valence-corrected chi connectivity index (χ4v) is 2.43. The summed E-state index contributed by atoms with van der Waals surface area (Å²) in [6.45, 7) is 9.71.